The van der Waals surface area contributed by atoms with E-state index in [1.54, 1.807) is 24.5 Å². The molecule has 0 aromatic carbocycles. The van der Waals surface area contributed by atoms with E-state index < -0.39 is 0 Å². The second-order valence-electron chi connectivity index (χ2n) is 9.99. The van der Waals surface area contributed by atoms with E-state index in [4.69, 9.17) is 4.98 Å². The molecule has 0 atom stereocenters. The molecule has 0 bridgehead atoms. The Kier molecular flexibility index (Phi) is 12.2. The molecule has 200 valence electrons. The SMILES string of the molecule is CC(=O)C1CCNCC1.CCCC(CCC)CCc1ncc(-c2cccc(Nc3cc(C)ccn3)n2)s1. The van der Waals surface area contributed by atoms with E-state index in [9.17, 15) is 4.79 Å². The maximum absolute atomic E-state index is 10.8. The maximum atomic E-state index is 10.8. The van der Waals surface area contributed by atoms with Crippen LogP contribution in [0.5, 0.6) is 0 Å². The van der Waals surface area contributed by atoms with Gasteiger partial charge < -0.3 is 10.6 Å². The molecule has 2 N–H and O–H groups in total. The molecule has 1 fully saturated rings. The van der Waals surface area contributed by atoms with Crippen LogP contribution in [0.15, 0.2) is 42.7 Å². The first kappa shape index (κ1) is 28.9. The van der Waals surface area contributed by atoms with Crippen LogP contribution in [-0.4, -0.2) is 33.8 Å². The number of thiazole rings is 1. The number of hydrogen-bond donors (Lipinski definition) is 2. The number of aryl methyl sites for hydroxylation is 2. The van der Waals surface area contributed by atoms with Crippen LogP contribution in [0.1, 0.15) is 76.3 Å². The number of nitrogens with zero attached hydrogens (tertiary/aromatic N) is 3. The quantitative estimate of drug-likeness (QED) is 0.274. The average molecular weight is 522 g/mol. The molecule has 0 saturated carbocycles. The molecule has 37 heavy (non-hydrogen) atoms. The van der Waals surface area contributed by atoms with Crippen LogP contribution >= 0.6 is 11.3 Å². The topological polar surface area (TPSA) is 79.8 Å². The van der Waals surface area contributed by atoms with Gasteiger partial charge in [0.05, 0.1) is 15.6 Å². The first-order valence-corrected chi connectivity index (χ1v) is 14.6. The summed E-state index contributed by atoms with van der Waals surface area (Å²) in [5.74, 6) is 3.15. The van der Waals surface area contributed by atoms with Gasteiger partial charge in [0.25, 0.3) is 0 Å². The molecule has 0 amide bonds. The van der Waals surface area contributed by atoms with Crippen molar-refractivity contribution in [2.45, 2.75) is 79.1 Å². The third-order valence-electron chi connectivity index (χ3n) is 6.80. The molecule has 0 spiro atoms. The summed E-state index contributed by atoms with van der Waals surface area (Å²) in [6, 6.07) is 10.0. The summed E-state index contributed by atoms with van der Waals surface area (Å²) in [6.45, 7) is 10.3. The molecule has 1 aliphatic heterocycles. The van der Waals surface area contributed by atoms with Gasteiger partial charge in [-0.05, 0) is 88.4 Å². The predicted octanol–water partition coefficient (Wildman–Crippen LogP) is 7.38. The van der Waals surface area contributed by atoms with Gasteiger partial charge in [-0.1, -0.05) is 45.6 Å². The van der Waals surface area contributed by atoms with Crippen LogP contribution in [-0.2, 0) is 11.2 Å². The van der Waals surface area contributed by atoms with Crippen LogP contribution in [0.3, 0.4) is 0 Å². The normalized spacial score (nSPS) is 13.8. The van der Waals surface area contributed by atoms with Gasteiger partial charge in [0.1, 0.15) is 17.4 Å². The van der Waals surface area contributed by atoms with Crippen LogP contribution in [0.25, 0.3) is 10.6 Å². The minimum atomic E-state index is 0.353. The van der Waals surface area contributed by atoms with Crippen molar-refractivity contribution in [1.29, 1.82) is 0 Å². The maximum Gasteiger partial charge on any atom is 0.133 e. The molecular weight excluding hydrogens is 478 g/mol. The molecule has 0 aliphatic carbocycles. The minimum Gasteiger partial charge on any atom is -0.325 e. The first-order chi connectivity index (χ1) is 18.0. The second kappa shape index (κ2) is 15.6. The Bertz CT molecular complexity index is 1090. The molecule has 0 radical (unpaired) electrons. The Balaban J connectivity index is 0.000000356. The molecule has 1 aliphatic rings. The van der Waals surface area contributed by atoms with Gasteiger partial charge in [0, 0.05) is 18.3 Å². The van der Waals surface area contributed by atoms with Gasteiger partial charge in [0.15, 0.2) is 0 Å². The largest absolute Gasteiger partial charge is 0.325 e. The lowest BCUT2D eigenvalue weighted by molar-refractivity contribution is -0.121. The highest BCUT2D eigenvalue weighted by Crippen LogP contribution is 2.28. The minimum absolute atomic E-state index is 0.353. The highest BCUT2D eigenvalue weighted by atomic mass is 32.1. The zero-order chi connectivity index (χ0) is 26.5. The molecular formula is C30H43N5OS. The van der Waals surface area contributed by atoms with Gasteiger partial charge in [-0.2, -0.15) is 0 Å². The van der Waals surface area contributed by atoms with Crippen molar-refractivity contribution in [3.8, 4) is 10.6 Å². The highest BCUT2D eigenvalue weighted by Gasteiger charge is 2.16. The summed E-state index contributed by atoms with van der Waals surface area (Å²) in [5, 5.41) is 7.72. The van der Waals surface area contributed by atoms with Gasteiger partial charge in [0.2, 0.25) is 0 Å². The fourth-order valence-corrected chi connectivity index (χ4v) is 5.63. The van der Waals surface area contributed by atoms with Gasteiger partial charge in [-0.3, -0.25) is 4.79 Å². The molecule has 3 aromatic rings. The standard InChI is InChI=1S/C23H30N4S.C7H13NO/c1-4-7-18(8-5-2)11-12-23-25-16-20(28-23)19-9-6-10-21(26-19)27-22-15-17(3)13-14-24-22;1-6(9)7-2-4-8-5-3-7/h6,9-10,13-16,18H,4-5,7-8,11-12H2,1-3H3,(H,24,26,27);7-8H,2-5H2,1H3. The number of carbonyl (C=O) groups excluding carboxylic acids is 1. The van der Waals surface area contributed by atoms with E-state index in [2.05, 4.69) is 41.4 Å². The summed E-state index contributed by atoms with van der Waals surface area (Å²) in [6.07, 6.45) is 13.4. The summed E-state index contributed by atoms with van der Waals surface area (Å²) in [5.41, 5.74) is 2.13. The summed E-state index contributed by atoms with van der Waals surface area (Å²) >= 11 is 1.76. The lowest BCUT2D eigenvalue weighted by atomic mass is 9.93. The zero-order valence-electron chi connectivity index (χ0n) is 22.9. The third kappa shape index (κ3) is 9.97. The van der Waals surface area contributed by atoms with Crippen LogP contribution < -0.4 is 10.6 Å². The molecule has 3 aromatic heterocycles. The third-order valence-corrected chi connectivity index (χ3v) is 7.88. The molecule has 7 heteroatoms. The van der Waals surface area contributed by atoms with Gasteiger partial charge >= 0.3 is 0 Å². The van der Waals surface area contributed by atoms with Crippen LogP contribution in [0, 0.1) is 18.8 Å². The Morgan fingerprint density at radius 2 is 1.84 bits per heavy atom. The number of pyridine rings is 2. The molecule has 0 unspecified atom stereocenters. The van der Waals surface area contributed by atoms with E-state index in [1.807, 2.05) is 36.5 Å². The number of nitrogens with one attached hydrogen (secondary N) is 2. The van der Waals surface area contributed by atoms with Gasteiger partial charge in [-0.25, -0.2) is 15.0 Å². The number of anilines is 2. The van der Waals surface area contributed by atoms with Crippen molar-refractivity contribution >= 4 is 28.8 Å². The van der Waals surface area contributed by atoms with Gasteiger partial charge in [-0.15, -0.1) is 11.3 Å². The molecule has 4 heterocycles. The zero-order valence-corrected chi connectivity index (χ0v) is 23.7. The van der Waals surface area contributed by atoms with Crippen LogP contribution in [0.2, 0.25) is 0 Å². The lowest BCUT2D eigenvalue weighted by Gasteiger charge is -2.19. The smallest absolute Gasteiger partial charge is 0.133 e. The Labute approximate surface area is 226 Å². The lowest BCUT2D eigenvalue weighted by Crippen LogP contribution is -2.30. The van der Waals surface area contributed by atoms with E-state index in [0.29, 0.717) is 11.7 Å². The fourth-order valence-electron chi connectivity index (χ4n) is 4.73. The summed E-state index contributed by atoms with van der Waals surface area (Å²) in [4.78, 5) is 25.7. The number of piperidine rings is 1. The number of Topliss-reactive ketones (excluding diaryl/α,β-unsaturated/α-hetero) is 1. The van der Waals surface area contributed by atoms with Crippen LogP contribution in [0.4, 0.5) is 11.6 Å². The molecule has 4 rings (SSSR count). The van der Waals surface area contributed by atoms with Crippen molar-refractivity contribution < 1.29 is 4.79 Å². The average Bonchev–Trinajstić information content (AvgIpc) is 3.38. The fraction of sp³-hybridized carbons (Fsp3) is 0.533. The number of aromatic nitrogens is 3. The Morgan fingerprint density at radius 3 is 2.49 bits per heavy atom. The predicted molar refractivity (Wildman–Crippen MR) is 156 cm³/mol. The number of carbonyl (C=O) groups is 1. The number of hydrogen-bond acceptors (Lipinski definition) is 7. The van der Waals surface area contributed by atoms with E-state index >= 15 is 0 Å². The molecule has 1 saturated heterocycles. The monoisotopic (exact) mass is 521 g/mol. The Morgan fingerprint density at radius 1 is 1.08 bits per heavy atom. The first-order valence-electron chi connectivity index (χ1n) is 13.8. The Hall–Kier alpha value is -2.64. The van der Waals surface area contributed by atoms with Crippen molar-refractivity contribution in [3.63, 3.8) is 0 Å². The van der Waals surface area contributed by atoms with E-state index in [-0.39, 0.29) is 0 Å². The number of ketones is 1. The van der Waals surface area contributed by atoms with Crippen molar-refractivity contribution in [1.82, 2.24) is 20.3 Å². The second-order valence-corrected chi connectivity index (χ2v) is 11.1. The van der Waals surface area contributed by atoms with Crippen molar-refractivity contribution in [3.05, 3.63) is 53.3 Å². The number of rotatable bonds is 11. The summed E-state index contributed by atoms with van der Waals surface area (Å²) < 4.78 is 0. The highest BCUT2D eigenvalue weighted by molar-refractivity contribution is 7.15. The van der Waals surface area contributed by atoms with Crippen molar-refractivity contribution in [2.24, 2.45) is 11.8 Å². The van der Waals surface area contributed by atoms with Crippen molar-refractivity contribution in [2.75, 3.05) is 18.4 Å². The van der Waals surface area contributed by atoms with E-state index in [1.165, 1.54) is 42.7 Å². The van der Waals surface area contributed by atoms with E-state index in [0.717, 1.165) is 60.5 Å². The summed E-state index contributed by atoms with van der Waals surface area (Å²) in [7, 11) is 0. The molecule has 6 nitrogen and oxygen atoms in total.